The Kier molecular flexibility index (Phi) is 1.29. The quantitative estimate of drug-likeness (QED) is 0.567. The number of hydrogen-bond donors (Lipinski definition) is 0. The molecule has 0 radical (unpaired) electrons. The van der Waals surface area contributed by atoms with Gasteiger partial charge in [0.1, 0.15) is 11.5 Å². The Morgan fingerprint density at radius 2 is 2.18 bits per heavy atom. The maximum atomic E-state index is 5.28. The molecule has 0 aliphatic carbocycles. The van der Waals surface area contributed by atoms with Gasteiger partial charge in [-0.15, -0.1) is 0 Å². The third-order valence-corrected chi connectivity index (χ3v) is 2.62. The van der Waals surface area contributed by atoms with Gasteiger partial charge in [0.25, 0.3) is 0 Å². The molecule has 0 aromatic carbocycles. The third kappa shape index (κ3) is 0.744. The number of aromatic nitrogens is 1. The van der Waals surface area contributed by atoms with Gasteiger partial charge in [0.15, 0.2) is 6.39 Å². The fourth-order valence-corrected chi connectivity index (χ4v) is 1.60. The van der Waals surface area contributed by atoms with Gasteiger partial charge >= 0.3 is 0 Å². The molecule has 0 bridgehead atoms. The molecular weight excluding hydrogens is 140 g/mol. The lowest BCUT2D eigenvalue weighted by Gasteiger charge is -2.18. The second-order valence-electron chi connectivity index (χ2n) is 3.12. The molecule has 1 aromatic rings. The molecule has 2 unspecified atom stereocenters. The monoisotopic (exact) mass is 152 g/mol. The van der Waals surface area contributed by atoms with Crippen molar-refractivity contribution in [2.24, 2.45) is 0 Å². The van der Waals surface area contributed by atoms with Crippen LogP contribution in [0.4, 0.5) is 0 Å². The van der Waals surface area contributed by atoms with Crippen molar-refractivity contribution in [3.63, 3.8) is 0 Å². The maximum absolute atomic E-state index is 5.28. The SMILES string of the molecule is CC1c2ncoc2C(C)N1C. The van der Waals surface area contributed by atoms with E-state index in [1.807, 2.05) is 0 Å². The summed E-state index contributed by atoms with van der Waals surface area (Å²) >= 11 is 0. The van der Waals surface area contributed by atoms with Gasteiger partial charge < -0.3 is 4.42 Å². The molecule has 0 spiro atoms. The van der Waals surface area contributed by atoms with Crippen molar-refractivity contribution in [3.05, 3.63) is 17.8 Å². The summed E-state index contributed by atoms with van der Waals surface area (Å²) in [7, 11) is 2.09. The molecule has 2 heterocycles. The highest BCUT2D eigenvalue weighted by Crippen LogP contribution is 2.38. The molecule has 11 heavy (non-hydrogen) atoms. The molecule has 1 aromatic heterocycles. The average Bonchev–Trinajstić information content (AvgIpc) is 2.53. The highest BCUT2D eigenvalue weighted by molar-refractivity contribution is 5.21. The van der Waals surface area contributed by atoms with Crippen molar-refractivity contribution in [1.82, 2.24) is 9.88 Å². The Morgan fingerprint density at radius 3 is 2.82 bits per heavy atom. The maximum Gasteiger partial charge on any atom is 0.181 e. The van der Waals surface area contributed by atoms with Crippen LogP contribution >= 0.6 is 0 Å². The number of oxazole rings is 1. The van der Waals surface area contributed by atoms with E-state index in [2.05, 4.69) is 30.8 Å². The Bertz CT molecular complexity index is 244. The minimum absolute atomic E-state index is 0.377. The van der Waals surface area contributed by atoms with Gasteiger partial charge in [0.2, 0.25) is 0 Å². The first kappa shape index (κ1) is 6.85. The van der Waals surface area contributed by atoms with Crippen LogP contribution in [-0.2, 0) is 0 Å². The summed E-state index contributed by atoms with van der Waals surface area (Å²) in [4.78, 5) is 6.42. The van der Waals surface area contributed by atoms with Crippen molar-refractivity contribution in [2.45, 2.75) is 25.9 Å². The zero-order valence-corrected chi connectivity index (χ0v) is 7.03. The number of fused-ring (bicyclic) bond motifs is 1. The van der Waals surface area contributed by atoms with E-state index in [9.17, 15) is 0 Å². The van der Waals surface area contributed by atoms with Crippen molar-refractivity contribution in [3.8, 4) is 0 Å². The molecule has 0 N–H and O–H groups in total. The van der Waals surface area contributed by atoms with Gasteiger partial charge in [-0.25, -0.2) is 4.98 Å². The first-order valence-corrected chi connectivity index (χ1v) is 3.87. The van der Waals surface area contributed by atoms with Gasteiger partial charge in [0.05, 0.1) is 12.1 Å². The average molecular weight is 152 g/mol. The first-order chi connectivity index (χ1) is 5.22. The summed E-state index contributed by atoms with van der Waals surface area (Å²) in [5.74, 6) is 1.03. The minimum atomic E-state index is 0.377. The number of rotatable bonds is 0. The zero-order chi connectivity index (χ0) is 8.01. The smallest absolute Gasteiger partial charge is 0.181 e. The van der Waals surface area contributed by atoms with E-state index in [0.29, 0.717) is 12.1 Å². The summed E-state index contributed by atoms with van der Waals surface area (Å²) in [5, 5.41) is 0. The van der Waals surface area contributed by atoms with E-state index in [1.54, 1.807) is 0 Å². The normalized spacial score (nSPS) is 30.8. The van der Waals surface area contributed by atoms with Crippen LogP contribution in [0.25, 0.3) is 0 Å². The van der Waals surface area contributed by atoms with Gasteiger partial charge in [-0.3, -0.25) is 4.90 Å². The summed E-state index contributed by atoms with van der Waals surface area (Å²) < 4.78 is 5.28. The largest absolute Gasteiger partial charge is 0.446 e. The van der Waals surface area contributed by atoms with Crippen LogP contribution in [0.3, 0.4) is 0 Å². The van der Waals surface area contributed by atoms with E-state index in [0.717, 1.165) is 11.5 Å². The second kappa shape index (κ2) is 2.08. The lowest BCUT2D eigenvalue weighted by atomic mass is 10.2. The summed E-state index contributed by atoms with van der Waals surface area (Å²) in [6.07, 6.45) is 1.53. The molecule has 1 aliphatic heterocycles. The van der Waals surface area contributed by atoms with Crippen LogP contribution in [0.5, 0.6) is 0 Å². The zero-order valence-electron chi connectivity index (χ0n) is 7.03. The van der Waals surface area contributed by atoms with E-state index >= 15 is 0 Å². The molecule has 2 atom stereocenters. The second-order valence-corrected chi connectivity index (χ2v) is 3.12. The van der Waals surface area contributed by atoms with Crippen LogP contribution in [0, 0.1) is 0 Å². The fraction of sp³-hybridized carbons (Fsp3) is 0.625. The van der Waals surface area contributed by atoms with Gasteiger partial charge in [-0.1, -0.05) is 0 Å². The standard InChI is InChI=1S/C8H12N2O/c1-5-7-8(11-4-9-7)6(2)10(5)3/h4-6H,1-3H3. The fourth-order valence-electron chi connectivity index (χ4n) is 1.60. The predicted octanol–water partition coefficient (Wildman–Crippen LogP) is 1.74. The number of nitrogens with zero attached hydrogens (tertiary/aromatic N) is 2. The molecular formula is C8H12N2O. The first-order valence-electron chi connectivity index (χ1n) is 3.87. The van der Waals surface area contributed by atoms with Gasteiger partial charge in [-0.2, -0.15) is 0 Å². The van der Waals surface area contributed by atoms with E-state index < -0.39 is 0 Å². The molecule has 0 saturated heterocycles. The van der Waals surface area contributed by atoms with Crippen molar-refractivity contribution >= 4 is 0 Å². The Labute approximate surface area is 66.0 Å². The summed E-state index contributed by atoms with van der Waals surface area (Å²) in [5.41, 5.74) is 1.10. The minimum Gasteiger partial charge on any atom is -0.446 e. The lowest BCUT2D eigenvalue weighted by molar-refractivity contribution is 0.212. The van der Waals surface area contributed by atoms with Crippen LogP contribution in [-0.4, -0.2) is 16.9 Å². The van der Waals surface area contributed by atoms with E-state index in [-0.39, 0.29) is 0 Å². The highest BCUT2D eigenvalue weighted by atomic mass is 16.3. The molecule has 1 aliphatic rings. The number of hydrogen-bond acceptors (Lipinski definition) is 3. The van der Waals surface area contributed by atoms with Crippen LogP contribution < -0.4 is 0 Å². The van der Waals surface area contributed by atoms with Gasteiger partial charge in [0, 0.05) is 0 Å². The Balaban J connectivity index is 2.48. The summed E-state index contributed by atoms with van der Waals surface area (Å²) in [6.45, 7) is 4.28. The third-order valence-electron chi connectivity index (χ3n) is 2.62. The Hall–Kier alpha value is -0.830. The van der Waals surface area contributed by atoms with Crippen molar-refractivity contribution < 1.29 is 4.42 Å². The van der Waals surface area contributed by atoms with E-state index in [4.69, 9.17) is 4.42 Å². The topological polar surface area (TPSA) is 29.3 Å². The molecule has 2 rings (SSSR count). The van der Waals surface area contributed by atoms with Crippen LogP contribution in [0.2, 0.25) is 0 Å². The molecule has 0 saturated carbocycles. The van der Waals surface area contributed by atoms with Crippen LogP contribution in [0.15, 0.2) is 10.8 Å². The predicted molar refractivity (Wildman–Crippen MR) is 41.1 cm³/mol. The molecule has 3 nitrogen and oxygen atoms in total. The van der Waals surface area contributed by atoms with Crippen LogP contribution in [0.1, 0.15) is 37.4 Å². The highest BCUT2D eigenvalue weighted by Gasteiger charge is 2.34. The van der Waals surface area contributed by atoms with Gasteiger partial charge in [-0.05, 0) is 20.9 Å². The Morgan fingerprint density at radius 1 is 1.45 bits per heavy atom. The van der Waals surface area contributed by atoms with Crippen molar-refractivity contribution in [1.29, 1.82) is 0 Å². The van der Waals surface area contributed by atoms with E-state index in [1.165, 1.54) is 6.39 Å². The molecule has 3 heteroatoms. The summed E-state index contributed by atoms with van der Waals surface area (Å²) in [6, 6.07) is 0.779. The molecule has 0 fully saturated rings. The lowest BCUT2D eigenvalue weighted by Crippen LogP contribution is -2.17. The molecule has 60 valence electrons. The van der Waals surface area contributed by atoms with Crippen molar-refractivity contribution in [2.75, 3.05) is 7.05 Å². The molecule has 0 amide bonds.